The number of carbonyl (C=O) groups is 2. The van der Waals surface area contributed by atoms with Crippen LogP contribution in [0.25, 0.3) is 16.9 Å². The molecule has 1 N–H and O–H groups in total. The number of halogens is 1. The van der Waals surface area contributed by atoms with Crippen LogP contribution in [0.4, 0.5) is 5.95 Å². The highest BCUT2D eigenvalue weighted by atomic mass is 35.5. The molecule has 3 aromatic carbocycles. The zero-order valence-electron chi connectivity index (χ0n) is 20.7. The molecule has 38 heavy (non-hydrogen) atoms. The molecule has 0 spiro atoms. The molecule has 0 aliphatic heterocycles. The zero-order valence-corrected chi connectivity index (χ0v) is 21.4. The van der Waals surface area contributed by atoms with Crippen molar-refractivity contribution in [3.05, 3.63) is 125 Å². The maximum Gasteiger partial charge on any atom is 0.254 e. The molecule has 8 heteroatoms. The highest BCUT2D eigenvalue weighted by Gasteiger charge is 2.22. The van der Waals surface area contributed by atoms with Crippen LogP contribution in [0.1, 0.15) is 21.7 Å². The van der Waals surface area contributed by atoms with Crippen LogP contribution in [-0.2, 0) is 11.3 Å². The van der Waals surface area contributed by atoms with E-state index in [2.05, 4.69) is 10.3 Å². The molecule has 2 aromatic heterocycles. The Labute approximate surface area is 225 Å². The second kappa shape index (κ2) is 11.2. The summed E-state index contributed by atoms with van der Waals surface area (Å²) in [5.41, 5.74) is 3.85. The molecule has 0 radical (unpaired) electrons. The molecule has 0 unspecified atom stereocenters. The predicted octanol–water partition coefficient (Wildman–Crippen LogP) is 6.38. The summed E-state index contributed by atoms with van der Waals surface area (Å²) >= 11 is 6.24. The fraction of sp³-hybridized carbons (Fsp3) is 0.100. The topological polar surface area (TPSA) is 80.4 Å². The van der Waals surface area contributed by atoms with Crippen LogP contribution >= 0.6 is 11.6 Å². The van der Waals surface area contributed by atoms with Crippen molar-refractivity contribution in [2.75, 3.05) is 11.9 Å². The van der Waals surface area contributed by atoms with Gasteiger partial charge in [-0.2, -0.15) is 0 Å². The molecule has 190 valence electrons. The predicted molar refractivity (Wildman–Crippen MR) is 147 cm³/mol. The smallest absolute Gasteiger partial charge is 0.254 e. The van der Waals surface area contributed by atoms with E-state index in [1.807, 2.05) is 67.7 Å². The standard InChI is InChI=1S/C30H25ClN4O3/c1-21-12-14-23(15-13-21)29(37)34(18-26-11-6-16-38-26)20-28(36)33-30-32-27(22-7-3-2-4-8-22)19-35(30)25-10-5-9-24(31)17-25/h2-17,19H,18,20H2,1H3,(H,32,33,36). The Hall–Kier alpha value is -4.62. The number of hydrogen-bond donors (Lipinski definition) is 1. The van der Waals surface area contributed by atoms with Crippen molar-refractivity contribution in [3.63, 3.8) is 0 Å². The van der Waals surface area contributed by atoms with Gasteiger partial charge in [0.1, 0.15) is 12.3 Å². The van der Waals surface area contributed by atoms with Gasteiger partial charge < -0.3 is 9.32 Å². The molecule has 2 amide bonds. The first-order chi connectivity index (χ1) is 18.5. The average molecular weight is 525 g/mol. The van der Waals surface area contributed by atoms with E-state index in [1.165, 1.54) is 11.2 Å². The van der Waals surface area contributed by atoms with Gasteiger partial charge in [0.2, 0.25) is 11.9 Å². The van der Waals surface area contributed by atoms with Gasteiger partial charge in [0.15, 0.2) is 0 Å². The Morgan fingerprint density at radius 1 is 0.974 bits per heavy atom. The zero-order chi connectivity index (χ0) is 26.5. The van der Waals surface area contributed by atoms with Crippen molar-refractivity contribution in [2.45, 2.75) is 13.5 Å². The van der Waals surface area contributed by atoms with Crippen LogP contribution in [0.2, 0.25) is 5.02 Å². The molecule has 7 nitrogen and oxygen atoms in total. The van der Waals surface area contributed by atoms with Crippen LogP contribution in [0.15, 0.2) is 108 Å². The second-order valence-corrected chi connectivity index (χ2v) is 9.26. The number of benzene rings is 3. The highest BCUT2D eigenvalue weighted by molar-refractivity contribution is 6.30. The lowest BCUT2D eigenvalue weighted by Crippen LogP contribution is -2.37. The number of hydrogen-bond acceptors (Lipinski definition) is 4. The van der Waals surface area contributed by atoms with E-state index in [1.54, 1.807) is 41.0 Å². The maximum atomic E-state index is 13.4. The Balaban J connectivity index is 1.43. The number of carbonyl (C=O) groups excluding carboxylic acids is 2. The molecule has 5 aromatic rings. The third-order valence-corrected chi connectivity index (χ3v) is 6.20. The quantitative estimate of drug-likeness (QED) is 0.255. The van der Waals surface area contributed by atoms with Crippen LogP contribution in [0.3, 0.4) is 0 Å². The summed E-state index contributed by atoms with van der Waals surface area (Å²) in [7, 11) is 0. The van der Waals surface area contributed by atoms with Gasteiger partial charge in [0.05, 0.1) is 18.5 Å². The molecule has 0 aliphatic rings. The number of nitrogens with one attached hydrogen (secondary N) is 1. The minimum Gasteiger partial charge on any atom is -0.467 e. The number of furan rings is 1. The first-order valence-electron chi connectivity index (χ1n) is 12.1. The van der Waals surface area contributed by atoms with Crippen LogP contribution < -0.4 is 5.32 Å². The number of rotatable bonds is 8. The normalized spacial score (nSPS) is 10.8. The summed E-state index contributed by atoms with van der Waals surface area (Å²) in [4.78, 5) is 32.8. The van der Waals surface area contributed by atoms with Gasteiger partial charge in [0.25, 0.3) is 5.91 Å². The molecule has 0 aliphatic carbocycles. The molecule has 2 heterocycles. The van der Waals surface area contributed by atoms with Crippen molar-refractivity contribution in [2.24, 2.45) is 0 Å². The molecular weight excluding hydrogens is 500 g/mol. The molecular formula is C30H25ClN4O3. The number of amides is 2. The molecule has 0 saturated carbocycles. The number of aromatic nitrogens is 2. The fourth-order valence-electron chi connectivity index (χ4n) is 4.05. The van der Waals surface area contributed by atoms with Crippen molar-refractivity contribution >= 4 is 29.4 Å². The molecule has 0 saturated heterocycles. The number of imidazole rings is 1. The Morgan fingerprint density at radius 3 is 2.47 bits per heavy atom. The Morgan fingerprint density at radius 2 is 1.76 bits per heavy atom. The lowest BCUT2D eigenvalue weighted by molar-refractivity contribution is -0.117. The van der Waals surface area contributed by atoms with Crippen molar-refractivity contribution in [1.82, 2.24) is 14.5 Å². The van der Waals surface area contributed by atoms with E-state index in [0.29, 0.717) is 28.0 Å². The van der Waals surface area contributed by atoms with Gasteiger partial charge in [-0.15, -0.1) is 0 Å². The number of nitrogens with zero attached hydrogens (tertiary/aromatic N) is 3. The lowest BCUT2D eigenvalue weighted by atomic mass is 10.1. The van der Waals surface area contributed by atoms with Gasteiger partial charge in [0, 0.05) is 28.0 Å². The van der Waals surface area contributed by atoms with Crippen molar-refractivity contribution < 1.29 is 14.0 Å². The molecule has 5 rings (SSSR count). The first kappa shape index (κ1) is 25.0. The van der Waals surface area contributed by atoms with Gasteiger partial charge in [-0.3, -0.25) is 19.5 Å². The Bertz CT molecular complexity index is 1540. The Kier molecular flexibility index (Phi) is 7.38. The van der Waals surface area contributed by atoms with Gasteiger partial charge in [-0.1, -0.05) is 65.7 Å². The minimum absolute atomic E-state index is 0.144. The SMILES string of the molecule is Cc1ccc(C(=O)N(CC(=O)Nc2nc(-c3ccccc3)cn2-c2cccc(Cl)c2)Cc2ccco2)cc1. The monoisotopic (exact) mass is 524 g/mol. The molecule has 0 fully saturated rings. The maximum absolute atomic E-state index is 13.4. The van der Waals surface area contributed by atoms with Gasteiger partial charge in [-0.05, 0) is 49.4 Å². The molecule has 0 atom stereocenters. The van der Waals surface area contributed by atoms with Crippen molar-refractivity contribution in [3.8, 4) is 16.9 Å². The average Bonchev–Trinajstić information content (AvgIpc) is 3.59. The van der Waals surface area contributed by atoms with E-state index in [4.69, 9.17) is 16.0 Å². The summed E-state index contributed by atoms with van der Waals surface area (Å²) in [6.07, 6.45) is 3.38. The highest BCUT2D eigenvalue weighted by Crippen LogP contribution is 2.25. The minimum atomic E-state index is -0.398. The van der Waals surface area contributed by atoms with E-state index < -0.39 is 5.91 Å². The van der Waals surface area contributed by atoms with Crippen molar-refractivity contribution in [1.29, 1.82) is 0 Å². The van der Waals surface area contributed by atoms with Gasteiger partial charge >= 0.3 is 0 Å². The summed E-state index contributed by atoms with van der Waals surface area (Å²) in [6.45, 7) is 1.90. The molecule has 0 bridgehead atoms. The van der Waals surface area contributed by atoms with Gasteiger partial charge in [-0.25, -0.2) is 4.98 Å². The largest absolute Gasteiger partial charge is 0.467 e. The summed E-state index contributed by atoms with van der Waals surface area (Å²) in [6, 6.07) is 27.7. The fourth-order valence-corrected chi connectivity index (χ4v) is 4.23. The number of aryl methyl sites for hydroxylation is 1. The lowest BCUT2D eigenvalue weighted by Gasteiger charge is -2.21. The first-order valence-corrected chi connectivity index (χ1v) is 12.4. The second-order valence-electron chi connectivity index (χ2n) is 8.82. The van der Waals surface area contributed by atoms with E-state index in [0.717, 1.165) is 16.8 Å². The van der Waals surface area contributed by atoms with Crippen LogP contribution in [0, 0.1) is 6.92 Å². The third-order valence-electron chi connectivity index (χ3n) is 5.96. The summed E-state index contributed by atoms with van der Waals surface area (Å²) < 4.78 is 7.22. The third kappa shape index (κ3) is 5.85. The van der Waals surface area contributed by atoms with E-state index in [-0.39, 0.29) is 19.0 Å². The van der Waals surface area contributed by atoms with E-state index in [9.17, 15) is 9.59 Å². The van der Waals surface area contributed by atoms with Crippen LogP contribution in [0.5, 0.6) is 0 Å². The number of anilines is 1. The summed E-state index contributed by atoms with van der Waals surface area (Å²) in [5.74, 6) is 0.215. The van der Waals surface area contributed by atoms with E-state index >= 15 is 0 Å². The summed E-state index contributed by atoms with van der Waals surface area (Å²) in [5, 5.41) is 3.45. The van der Waals surface area contributed by atoms with Crippen LogP contribution in [-0.4, -0.2) is 32.8 Å².